The van der Waals surface area contributed by atoms with E-state index in [0.29, 0.717) is 33.0 Å². The lowest BCUT2D eigenvalue weighted by Crippen LogP contribution is -2.27. The SMILES string of the molecule is C.CC.CC.CC.CC.CC.CC.CC.CC(=O)Nc1ccc(Cl)c(C)c1.CC(=O)Nc1cccc(C)c1.CC(C)(C)OC(N)=O.CC(C)(C)OC(N)=O.CC(C)(C)OC(N)=O.CC(C)(C)OC(N)=O.CC(N)=O.CC(N)=O.CC(N)=O.Cc1cccc(N)c1.Cc1cccc([N+](=O)[O-])c1.[2HH].[2HH].[2HH].[2HH].[2HH].[2HH].[2HH].[2H][2H].[2H][2H].[2H][2H].[2H][2H].[2H][2H].[2H][2H].[2H][2H].[B]c1cc(N)c(N)cc1C.[B]c1cc([N+](=O)[O-])c(N)cc1C.[C-]#[N+]c1ccc(NC(C)=O)cc1C. The normalized spacial score (nSPS) is 9.15. The van der Waals surface area contributed by atoms with E-state index in [9.17, 15) is 68.2 Å². The number of halogens is 1. The van der Waals surface area contributed by atoms with E-state index in [1.807, 2.05) is 199 Å². The number of nitro benzene ring substituents is 2. The number of benzene rings is 7. The third-order valence-electron chi connectivity index (χ3n) is 11.4. The number of rotatable bonds is 5. The second-order valence-electron chi connectivity index (χ2n) is 28.8. The van der Waals surface area contributed by atoms with E-state index in [0.717, 1.165) is 56.1 Å². The number of nitrogens with one attached hydrogen (secondary N) is 3. The lowest BCUT2D eigenvalue weighted by molar-refractivity contribution is -0.384. The lowest BCUT2D eigenvalue weighted by Gasteiger charge is -2.16. The summed E-state index contributed by atoms with van der Waals surface area (Å²) >= 11 is 5.80. The summed E-state index contributed by atoms with van der Waals surface area (Å²) < 4.78 is 88.3. The Kier molecular flexibility index (Phi) is 93.4. The zero-order chi connectivity index (χ0) is 124. The molecule has 0 fully saturated rings. The van der Waals surface area contributed by atoms with Gasteiger partial charge < -0.3 is 98.0 Å². The van der Waals surface area contributed by atoms with E-state index in [-0.39, 0.29) is 69.9 Å². The minimum atomic E-state index is -0.725. The number of anilines is 7. The minimum absolute atomic E-state index is 0. The Labute approximate surface area is 847 Å². The number of nitrogens with zero attached hydrogens (tertiary/aromatic N) is 3. The lowest BCUT2D eigenvalue weighted by atomic mass is 9.90. The van der Waals surface area contributed by atoms with E-state index in [1.165, 1.54) is 65.3 Å². The van der Waals surface area contributed by atoms with Gasteiger partial charge in [0.25, 0.3) is 11.4 Å². The summed E-state index contributed by atoms with van der Waals surface area (Å²) in [5.74, 6) is -1.21. The molecule has 0 heterocycles. The molecule has 0 aliphatic rings. The number of nitrogens with two attached hydrogens (primary N) is 11. The van der Waals surface area contributed by atoms with Crippen molar-refractivity contribution in [2.24, 2.45) is 40.1 Å². The van der Waals surface area contributed by atoms with Gasteiger partial charge in [-0.05, 0) is 232 Å². The summed E-state index contributed by atoms with van der Waals surface area (Å²) in [5.41, 5.74) is 65.3. The molecule has 790 valence electrons. The number of primary amides is 7. The summed E-state index contributed by atoms with van der Waals surface area (Å²) in [7, 11) is 11.0. The number of ether oxygens (including phenoxy) is 4. The van der Waals surface area contributed by atoms with Gasteiger partial charge in [-0.25, -0.2) is 24.0 Å². The van der Waals surface area contributed by atoms with Gasteiger partial charge in [-0.2, -0.15) is 0 Å². The summed E-state index contributed by atoms with van der Waals surface area (Å²) in [6.45, 7) is 77.5. The van der Waals surface area contributed by atoms with Crippen molar-refractivity contribution in [2.75, 3.05) is 38.9 Å². The van der Waals surface area contributed by atoms with E-state index in [2.05, 4.69) is 56.9 Å². The van der Waals surface area contributed by atoms with Crippen molar-refractivity contribution in [3.8, 4) is 0 Å². The predicted octanol–water partition coefficient (Wildman–Crippen LogP) is 24.0. The summed E-state index contributed by atoms with van der Waals surface area (Å²) in [6.07, 6.45) is -2.90. The van der Waals surface area contributed by atoms with Crippen LogP contribution in [-0.2, 0) is 47.7 Å². The average molecular weight is 1970 g/mol. The largest absolute Gasteiger partial charge is 0.444 e. The highest BCUT2D eigenvalue weighted by Gasteiger charge is 2.16. The molecule has 10 amide bonds. The summed E-state index contributed by atoms with van der Waals surface area (Å²) in [5, 5.41) is 29.3. The first-order valence-corrected chi connectivity index (χ1v) is 42.9. The number of nitrogen functional groups attached to an aromatic ring is 4. The van der Waals surface area contributed by atoms with Gasteiger partial charge in [0.2, 0.25) is 35.4 Å². The van der Waals surface area contributed by atoms with Crippen molar-refractivity contribution in [1.29, 1.82) is 0 Å². The van der Waals surface area contributed by atoms with E-state index in [4.69, 9.17) is 101 Å². The van der Waals surface area contributed by atoms with Crippen LogP contribution in [0.1, 0.15) is 299 Å². The molecule has 0 bridgehead atoms. The van der Waals surface area contributed by atoms with Crippen LogP contribution >= 0.6 is 11.6 Å². The van der Waals surface area contributed by atoms with Crippen molar-refractivity contribution >= 4 is 155 Å². The fourth-order valence-electron chi connectivity index (χ4n) is 7.19. The number of non-ortho nitro benzene ring substituents is 1. The van der Waals surface area contributed by atoms with Crippen LogP contribution in [0.25, 0.3) is 4.85 Å². The van der Waals surface area contributed by atoms with Gasteiger partial charge in [0.1, 0.15) is 43.8 Å². The second-order valence-corrected chi connectivity index (χ2v) is 29.2. The number of carbonyl (C=O) groups excluding carboxylic acids is 10. The Morgan fingerprint density at radius 3 is 0.867 bits per heavy atom. The topological polar surface area (TPSA) is 621 Å². The summed E-state index contributed by atoms with van der Waals surface area (Å²) in [6, 6.07) is 38.8. The molecule has 0 aliphatic heterocycles. The standard InChI is InChI=1S/C10H10N2O.C9H10ClNO.C9H11NO.C7H7BN2O2.C7H9BN2.C7H7NO2.C7H9N.4C5H11NO2.3C2H5NO.7C2H6.CH4.14H2/c1-7-6-9(12-8(2)13)4-5-10(7)11-3;1-6-5-8(11-7(2)12)3-4-9(6)10;1-7-4-3-5-9(6-7)10-8(2)11;1-4-2-6(9)7(10(11)12)3-5(4)8;1-4-2-6(9)7(10)3-5(4)8;1-6-3-2-4-7(5-6)8(9)10;1-6-3-2-4-7(8)5-6;4*1-5(2,3)8-4(6)7;3*1-2(3)4;7*1-2;;;;;;;;;;;;;;;/h4-6H,1-2H3,(H,12,13);3-5H,1-2H3,(H,11,12);3-6H,1-2H3,(H,10,11);2-3H,9H2,1H3;2-3H,9-10H2,1H3;2-5H,1H3;2-5H,8H2,1H3;4*1-3H3,(H2,6,7);3*1H3,(H2,3,4);7*1-2H3;1H4;14*1H/i;;;;;;;;;;;;;;;;;;;;;;7*1+1D;7*1+1. The van der Waals surface area contributed by atoms with Crippen molar-refractivity contribution in [2.45, 2.75) is 300 Å². The van der Waals surface area contributed by atoms with Crippen molar-refractivity contribution in [1.82, 2.24) is 0 Å². The summed E-state index contributed by atoms with van der Waals surface area (Å²) in [4.78, 5) is 123. The molecule has 0 saturated carbocycles. The molecule has 7 aromatic carbocycles. The number of nitro groups is 2. The maximum absolute atomic E-state index is 10.7. The molecule has 0 aromatic heterocycles. The zero-order valence-corrected chi connectivity index (χ0v) is 88.0. The molecule has 35 nitrogen and oxygen atoms in total. The molecule has 7 aromatic rings. The fourth-order valence-corrected chi connectivity index (χ4v) is 7.31. The molecule has 4 radical (unpaired) electrons. The third-order valence-corrected chi connectivity index (χ3v) is 11.8. The van der Waals surface area contributed by atoms with E-state index >= 15 is 0 Å². The Morgan fingerprint density at radius 1 is 0.378 bits per heavy atom. The van der Waals surface area contributed by atoms with Crippen LogP contribution in [0.3, 0.4) is 0 Å². The van der Waals surface area contributed by atoms with Crippen LogP contribution in [0.15, 0.2) is 133 Å². The maximum atomic E-state index is 10.7. The quantitative estimate of drug-likeness (QED) is 0.0190. The van der Waals surface area contributed by atoms with Gasteiger partial charge >= 0.3 is 24.4 Å². The Balaban J connectivity index is -0.0000000406. The average Bonchev–Trinajstić information content (AvgIpc) is 0.843. The zero-order valence-electron chi connectivity index (χ0n) is 101. The number of hydrogen-bond acceptors (Lipinski definition) is 22. The first-order valence-electron chi connectivity index (χ1n) is 49.5. The van der Waals surface area contributed by atoms with Gasteiger partial charge in [-0.3, -0.25) is 49.0 Å². The van der Waals surface area contributed by atoms with E-state index < -0.39 is 56.6 Å². The first-order chi connectivity index (χ1) is 68.4. The molecule has 0 unspecified atom stereocenters. The maximum Gasteiger partial charge on any atom is 0.405 e. The minimum Gasteiger partial charge on any atom is -0.444 e. The second kappa shape index (κ2) is 92.2. The predicted molar refractivity (Wildman–Crippen MR) is 596 cm³/mol. The van der Waals surface area contributed by atoms with Crippen LogP contribution in [-0.4, -0.2) is 108 Å². The van der Waals surface area contributed by atoms with Crippen molar-refractivity contribution in [3.63, 3.8) is 0 Å². The van der Waals surface area contributed by atoms with Crippen LogP contribution < -0.4 is 89.9 Å². The molecule has 0 saturated heterocycles. The van der Waals surface area contributed by atoms with Crippen LogP contribution in [0.4, 0.5) is 76.1 Å². The van der Waals surface area contributed by atoms with Gasteiger partial charge in [0.15, 0.2) is 5.69 Å². The number of aryl methyl sites for hydroxylation is 7. The van der Waals surface area contributed by atoms with Gasteiger partial charge in [0.05, 0.1) is 27.8 Å². The highest BCUT2D eigenvalue weighted by Crippen LogP contribution is 2.24. The monoisotopic (exact) mass is 1970 g/mol. The van der Waals surface area contributed by atoms with Crippen LogP contribution in [0.2, 0.25) is 5.02 Å². The number of hydrogen-bond donors (Lipinski definition) is 14. The fraction of sp³-hybridized carbons (Fsp3) is 0.454. The highest BCUT2D eigenvalue weighted by molar-refractivity contribution is 6.34. The number of amides is 10. The molecule has 7 rings (SSSR count). The van der Waals surface area contributed by atoms with Crippen LogP contribution in [0, 0.1) is 75.3 Å². The molecule has 38 heteroatoms. The smallest absolute Gasteiger partial charge is 0.405 e. The molecular weight excluding hydrogens is 1750 g/mol. The van der Waals surface area contributed by atoms with E-state index in [1.54, 1.807) is 145 Å². The molecule has 135 heavy (non-hydrogen) atoms. The third kappa shape index (κ3) is 125. The van der Waals surface area contributed by atoms with Gasteiger partial charge in [-0.15, -0.1) is 0 Å². The molecule has 0 atom stereocenters. The molecule has 0 spiro atoms. The molecular formula is C97H196B2ClN17O18. The number of carbonyl (C=O) groups is 10. The van der Waals surface area contributed by atoms with Gasteiger partial charge in [-0.1, -0.05) is 180 Å². The van der Waals surface area contributed by atoms with Crippen LogP contribution in [0.5, 0.6) is 0 Å². The van der Waals surface area contributed by atoms with Crippen molar-refractivity contribution < 1.29 is 108 Å². The van der Waals surface area contributed by atoms with Gasteiger partial charge in [0, 0.05) is 118 Å². The Bertz CT molecular complexity index is 4360. The Morgan fingerprint density at radius 2 is 0.644 bits per heavy atom. The Hall–Kier alpha value is -13.7. The first kappa shape index (κ1) is 137. The highest BCUT2D eigenvalue weighted by atomic mass is 35.5. The molecule has 0 aliphatic carbocycles. The molecule has 25 N–H and O–H groups in total. The van der Waals surface area contributed by atoms with Crippen molar-refractivity contribution in [3.05, 3.63) is 209 Å².